The minimum absolute atomic E-state index is 0.0228. The van der Waals surface area contributed by atoms with E-state index in [1.807, 2.05) is 11.6 Å². The smallest absolute Gasteiger partial charge is 0.303 e. The fourth-order valence-electron chi connectivity index (χ4n) is 4.51. The van der Waals surface area contributed by atoms with E-state index in [-0.39, 0.29) is 29.6 Å². The molecule has 2 atom stereocenters. The summed E-state index contributed by atoms with van der Waals surface area (Å²) in [6.07, 6.45) is 4.03. The van der Waals surface area contributed by atoms with Crippen LogP contribution in [0.4, 0.5) is 4.39 Å². The van der Waals surface area contributed by atoms with Gasteiger partial charge in [-0.25, -0.2) is 9.37 Å². The molecule has 0 saturated carbocycles. The summed E-state index contributed by atoms with van der Waals surface area (Å²) in [6, 6.07) is 7.91. The van der Waals surface area contributed by atoms with Crippen molar-refractivity contribution >= 4 is 34.4 Å². The van der Waals surface area contributed by atoms with E-state index in [9.17, 15) is 24.3 Å². The van der Waals surface area contributed by atoms with Crippen LogP contribution in [0.3, 0.4) is 0 Å². The van der Waals surface area contributed by atoms with Crippen molar-refractivity contribution in [2.24, 2.45) is 13.0 Å². The van der Waals surface area contributed by atoms with Crippen LogP contribution in [-0.4, -0.2) is 31.5 Å². The normalized spacial score (nSPS) is 12.9. The Bertz CT molecular complexity index is 1310. The number of benzene rings is 1. The first kappa shape index (κ1) is 27.3. The predicted octanol–water partition coefficient (Wildman–Crippen LogP) is 5.76. The van der Waals surface area contributed by atoms with Crippen LogP contribution in [0.25, 0.3) is 11.0 Å². The highest BCUT2D eigenvalue weighted by molar-refractivity contribution is 6.30. The summed E-state index contributed by atoms with van der Waals surface area (Å²) in [5.74, 6) is -1.97. The van der Waals surface area contributed by atoms with Gasteiger partial charge in [0.05, 0.1) is 16.7 Å². The number of aliphatic hydroxyl groups is 1. The second-order valence-corrected chi connectivity index (χ2v) is 9.61. The summed E-state index contributed by atoms with van der Waals surface area (Å²) >= 11 is 5.81. The highest BCUT2D eigenvalue weighted by Crippen LogP contribution is 2.30. The maximum atomic E-state index is 13.4. The Morgan fingerprint density at radius 1 is 1.22 bits per heavy atom. The van der Waals surface area contributed by atoms with Crippen molar-refractivity contribution < 1.29 is 24.2 Å². The SMILES string of the molecule is CC(CC(=O)O)CC(=O)c1c(CCCCCC(O)c2ccc(F)c(Cl)c2)n(C)c2ncc(C#N)cc12. The van der Waals surface area contributed by atoms with E-state index < -0.39 is 17.9 Å². The first-order valence-corrected chi connectivity index (χ1v) is 12.3. The third-order valence-electron chi connectivity index (χ3n) is 6.33. The molecule has 7 nitrogen and oxygen atoms in total. The number of carboxylic acids is 1. The molecule has 0 fully saturated rings. The van der Waals surface area contributed by atoms with Crippen molar-refractivity contribution in [2.45, 2.75) is 58.0 Å². The molecule has 3 aromatic rings. The Morgan fingerprint density at radius 3 is 2.64 bits per heavy atom. The Labute approximate surface area is 214 Å². The molecule has 0 saturated heterocycles. The average Bonchev–Trinajstić information content (AvgIpc) is 3.10. The Balaban J connectivity index is 1.72. The van der Waals surface area contributed by atoms with E-state index in [0.29, 0.717) is 40.6 Å². The van der Waals surface area contributed by atoms with Gasteiger partial charge in [-0.2, -0.15) is 5.26 Å². The maximum absolute atomic E-state index is 13.4. The zero-order valence-electron chi connectivity index (χ0n) is 20.3. The van der Waals surface area contributed by atoms with Crippen molar-refractivity contribution in [1.29, 1.82) is 5.26 Å². The number of carboxylic acid groups (broad SMARTS) is 1. The molecular formula is C27H29ClFN3O4. The van der Waals surface area contributed by atoms with Gasteiger partial charge in [0, 0.05) is 42.7 Å². The summed E-state index contributed by atoms with van der Waals surface area (Å²) < 4.78 is 15.2. The van der Waals surface area contributed by atoms with Crippen LogP contribution in [0.1, 0.15) is 78.7 Å². The van der Waals surface area contributed by atoms with Crippen LogP contribution >= 0.6 is 11.6 Å². The van der Waals surface area contributed by atoms with E-state index in [4.69, 9.17) is 16.7 Å². The molecule has 0 aliphatic carbocycles. The molecule has 190 valence electrons. The van der Waals surface area contributed by atoms with Gasteiger partial charge in [-0.15, -0.1) is 0 Å². The summed E-state index contributed by atoms with van der Waals surface area (Å²) in [6.45, 7) is 1.73. The molecule has 36 heavy (non-hydrogen) atoms. The molecule has 1 aromatic carbocycles. The molecule has 0 radical (unpaired) electrons. The quantitative estimate of drug-likeness (QED) is 0.235. The average molecular weight is 514 g/mol. The van der Waals surface area contributed by atoms with E-state index in [0.717, 1.165) is 25.0 Å². The number of aromatic nitrogens is 2. The number of unbranched alkanes of at least 4 members (excludes halogenated alkanes) is 2. The zero-order chi connectivity index (χ0) is 26.4. The Kier molecular flexibility index (Phi) is 9.19. The van der Waals surface area contributed by atoms with E-state index in [1.165, 1.54) is 24.4 Å². The zero-order valence-corrected chi connectivity index (χ0v) is 21.1. The monoisotopic (exact) mass is 513 g/mol. The van der Waals surface area contributed by atoms with Gasteiger partial charge in [0.1, 0.15) is 17.5 Å². The third-order valence-corrected chi connectivity index (χ3v) is 6.62. The van der Waals surface area contributed by atoms with E-state index >= 15 is 0 Å². The number of aliphatic carboxylic acids is 1. The number of pyridine rings is 1. The van der Waals surface area contributed by atoms with Gasteiger partial charge in [-0.05, 0) is 48.9 Å². The lowest BCUT2D eigenvalue weighted by molar-refractivity contribution is -0.137. The van der Waals surface area contributed by atoms with Crippen LogP contribution in [0.5, 0.6) is 0 Å². The molecule has 9 heteroatoms. The molecule has 0 amide bonds. The molecule has 2 N–H and O–H groups in total. The number of aliphatic hydroxyl groups excluding tert-OH is 1. The highest BCUT2D eigenvalue weighted by Gasteiger charge is 2.24. The fourth-order valence-corrected chi connectivity index (χ4v) is 4.70. The van der Waals surface area contributed by atoms with Crippen molar-refractivity contribution in [3.63, 3.8) is 0 Å². The van der Waals surface area contributed by atoms with Crippen LogP contribution in [-0.2, 0) is 18.3 Å². The number of aryl methyl sites for hydroxylation is 1. The van der Waals surface area contributed by atoms with E-state index in [1.54, 1.807) is 13.0 Å². The lowest BCUT2D eigenvalue weighted by atomic mass is 9.94. The molecule has 0 aliphatic rings. The fraction of sp³-hybridized carbons (Fsp3) is 0.407. The van der Waals surface area contributed by atoms with Crippen molar-refractivity contribution in [3.8, 4) is 6.07 Å². The summed E-state index contributed by atoms with van der Waals surface area (Å²) in [5, 5.41) is 29.4. The van der Waals surface area contributed by atoms with Gasteiger partial charge in [0.25, 0.3) is 0 Å². The maximum Gasteiger partial charge on any atom is 0.303 e. The van der Waals surface area contributed by atoms with E-state index in [2.05, 4.69) is 11.1 Å². The van der Waals surface area contributed by atoms with Gasteiger partial charge >= 0.3 is 5.97 Å². The lowest BCUT2D eigenvalue weighted by Crippen LogP contribution is -2.12. The molecule has 0 spiro atoms. The first-order valence-electron chi connectivity index (χ1n) is 11.9. The summed E-state index contributed by atoms with van der Waals surface area (Å²) in [7, 11) is 1.83. The third kappa shape index (κ3) is 6.48. The van der Waals surface area contributed by atoms with Crippen LogP contribution < -0.4 is 0 Å². The van der Waals surface area contributed by atoms with Gasteiger partial charge in [-0.3, -0.25) is 9.59 Å². The van der Waals surface area contributed by atoms with Crippen molar-refractivity contribution in [1.82, 2.24) is 9.55 Å². The first-order chi connectivity index (χ1) is 17.1. The second kappa shape index (κ2) is 12.1. The Morgan fingerprint density at radius 2 is 1.97 bits per heavy atom. The van der Waals surface area contributed by atoms with Crippen molar-refractivity contribution in [2.75, 3.05) is 0 Å². The number of carbonyl (C=O) groups excluding carboxylic acids is 1. The molecule has 2 heterocycles. The molecule has 2 aromatic heterocycles. The summed E-state index contributed by atoms with van der Waals surface area (Å²) in [5.41, 5.74) is 2.81. The highest BCUT2D eigenvalue weighted by atomic mass is 35.5. The van der Waals surface area contributed by atoms with Crippen LogP contribution in [0, 0.1) is 23.1 Å². The minimum atomic E-state index is -0.952. The molecule has 0 aliphatic heterocycles. The number of Topliss-reactive ketones (excluding diaryl/α,β-unsaturated/α-hetero) is 1. The topological polar surface area (TPSA) is 116 Å². The Hall–Kier alpha value is -3.28. The standard InChI is InChI=1S/C27H29ClFN3O4/c1-16(11-25(35)36)10-24(34)26-19-12-17(14-30)15-31-27(19)32(2)22(26)6-4-3-5-7-23(33)18-8-9-21(29)20(28)13-18/h8-9,12-13,15-16,23,33H,3-7,10-11H2,1-2H3,(H,35,36). The number of hydrogen-bond acceptors (Lipinski definition) is 5. The second-order valence-electron chi connectivity index (χ2n) is 9.21. The number of nitrogens with zero attached hydrogens (tertiary/aromatic N) is 3. The summed E-state index contributed by atoms with van der Waals surface area (Å²) in [4.78, 5) is 28.7. The molecule has 3 rings (SSSR count). The van der Waals surface area contributed by atoms with Gasteiger partial charge in [-0.1, -0.05) is 37.4 Å². The van der Waals surface area contributed by atoms with Gasteiger partial charge in [0.2, 0.25) is 0 Å². The van der Waals surface area contributed by atoms with Gasteiger partial charge in [0.15, 0.2) is 5.78 Å². The number of nitriles is 1. The number of hydrogen-bond donors (Lipinski definition) is 2. The largest absolute Gasteiger partial charge is 0.481 e. The number of halogens is 2. The number of ketones is 1. The number of rotatable bonds is 12. The molecule has 0 bridgehead atoms. The van der Waals surface area contributed by atoms with Crippen LogP contribution in [0.2, 0.25) is 5.02 Å². The minimum Gasteiger partial charge on any atom is -0.481 e. The van der Waals surface area contributed by atoms with Crippen LogP contribution in [0.15, 0.2) is 30.5 Å². The predicted molar refractivity (Wildman–Crippen MR) is 134 cm³/mol. The molecule has 2 unspecified atom stereocenters. The van der Waals surface area contributed by atoms with Gasteiger partial charge < -0.3 is 14.8 Å². The number of carbonyl (C=O) groups is 2. The van der Waals surface area contributed by atoms with Crippen molar-refractivity contribution in [3.05, 3.63) is 63.7 Å². The molecular weight excluding hydrogens is 485 g/mol. The number of fused-ring (bicyclic) bond motifs is 1. The lowest BCUT2D eigenvalue weighted by Gasteiger charge is -2.12.